The van der Waals surface area contributed by atoms with Gasteiger partial charge in [-0.1, -0.05) is 11.6 Å². The van der Waals surface area contributed by atoms with E-state index >= 15 is 0 Å². The summed E-state index contributed by atoms with van der Waals surface area (Å²) in [6.07, 6.45) is 1.36. The standard InChI is InChI=1S/C21H12ClFN8O4/c22-16-7-5-13(31(32)33)9-15(16)17-8-6-14(34-17)10-24-28-19-18(25-12-3-1-11(23)2-4-12)26-20-21(27-19)30-35-29-20/h1-10H,(H,25,26,29)(H,27,28,30)/b24-10-. The molecule has 2 N–H and O–H groups in total. The van der Waals surface area contributed by atoms with Crippen LogP contribution in [-0.2, 0) is 0 Å². The molecule has 0 saturated carbocycles. The van der Waals surface area contributed by atoms with E-state index in [4.69, 9.17) is 16.0 Å². The van der Waals surface area contributed by atoms with Crippen LogP contribution in [0, 0.1) is 15.9 Å². The molecule has 174 valence electrons. The lowest BCUT2D eigenvalue weighted by Crippen LogP contribution is -2.03. The SMILES string of the molecule is O=[N+]([O-])c1ccc(Cl)c(-c2ccc(/C=N\Nc3nc4nonc4nc3Nc3ccc(F)cc3)o2)c1. The first-order chi connectivity index (χ1) is 17.0. The van der Waals surface area contributed by atoms with E-state index in [9.17, 15) is 14.5 Å². The first kappa shape index (κ1) is 21.9. The van der Waals surface area contributed by atoms with Crippen LogP contribution in [-0.4, -0.2) is 31.4 Å². The van der Waals surface area contributed by atoms with E-state index < -0.39 is 4.92 Å². The van der Waals surface area contributed by atoms with Gasteiger partial charge in [-0.05, 0) is 52.8 Å². The molecular formula is C21H12ClFN8O4. The molecule has 0 aliphatic heterocycles. The molecule has 2 aromatic carbocycles. The average molecular weight is 495 g/mol. The highest BCUT2D eigenvalue weighted by atomic mass is 35.5. The minimum Gasteiger partial charge on any atom is -0.455 e. The number of anilines is 3. The maximum absolute atomic E-state index is 13.2. The van der Waals surface area contributed by atoms with Gasteiger partial charge in [0.2, 0.25) is 11.3 Å². The molecule has 0 radical (unpaired) electrons. The van der Waals surface area contributed by atoms with Crippen LogP contribution in [0.5, 0.6) is 0 Å². The normalized spacial score (nSPS) is 11.3. The van der Waals surface area contributed by atoms with Crippen LogP contribution in [0.2, 0.25) is 5.02 Å². The van der Waals surface area contributed by atoms with Gasteiger partial charge in [0.25, 0.3) is 5.69 Å². The number of nitrogens with one attached hydrogen (secondary N) is 2. The molecule has 3 heterocycles. The molecule has 5 rings (SSSR count). The quantitative estimate of drug-likeness (QED) is 0.176. The third kappa shape index (κ3) is 4.74. The van der Waals surface area contributed by atoms with E-state index in [-0.39, 0.29) is 34.4 Å². The fraction of sp³-hybridized carbons (Fsp3) is 0. The summed E-state index contributed by atoms with van der Waals surface area (Å²) < 4.78 is 23.6. The van der Waals surface area contributed by atoms with Gasteiger partial charge in [-0.25, -0.2) is 14.0 Å². The van der Waals surface area contributed by atoms with Crippen molar-refractivity contribution in [3.63, 3.8) is 0 Å². The molecule has 0 bridgehead atoms. The van der Waals surface area contributed by atoms with E-state index in [1.165, 1.54) is 48.7 Å². The number of nitro benzene ring substituents is 1. The van der Waals surface area contributed by atoms with Crippen LogP contribution in [0.15, 0.2) is 68.7 Å². The van der Waals surface area contributed by atoms with E-state index in [1.807, 2.05) is 0 Å². The van der Waals surface area contributed by atoms with E-state index in [0.717, 1.165) is 0 Å². The number of rotatable bonds is 7. The zero-order valence-electron chi connectivity index (χ0n) is 17.3. The molecule has 0 amide bonds. The Bertz CT molecular complexity index is 1570. The number of nitrogens with zero attached hydrogens (tertiary/aromatic N) is 6. The van der Waals surface area contributed by atoms with Gasteiger partial charge in [-0.3, -0.25) is 15.5 Å². The maximum Gasteiger partial charge on any atom is 0.270 e. The van der Waals surface area contributed by atoms with Crippen molar-refractivity contribution < 1.29 is 18.4 Å². The highest BCUT2D eigenvalue weighted by molar-refractivity contribution is 6.33. The van der Waals surface area contributed by atoms with E-state index in [2.05, 4.69) is 40.8 Å². The number of hydrogen-bond acceptors (Lipinski definition) is 11. The molecule has 0 atom stereocenters. The fourth-order valence-corrected chi connectivity index (χ4v) is 3.22. The van der Waals surface area contributed by atoms with Crippen molar-refractivity contribution in [3.8, 4) is 11.3 Å². The topological polar surface area (TPSA) is 157 Å². The van der Waals surface area contributed by atoms with Crippen LogP contribution in [0.25, 0.3) is 22.6 Å². The summed E-state index contributed by atoms with van der Waals surface area (Å²) in [4.78, 5) is 19.1. The summed E-state index contributed by atoms with van der Waals surface area (Å²) >= 11 is 6.17. The molecule has 0 aliphatic carbocycles. The Morgan fingerprint density at radius 3 is 2.51 bits per heavy atom. The van der Waals surface area contributed by atoms with Gasteiger partial charge in [0.05, 0.1) is 16.2 Å². The van der Waals surface area contributed by atoms with Gasteiger partial charge in [0.1, 0.15) is 17.3 Å². The molecule has 12 nitrogen and oxygen atoms in total. The van der Waals surface area contributed by atoms with Crippen molar-refractivity contribution in [2.75, 3.05) is 10.7 Å². The summed E-state index contributed by atoms with van der Waals surface area (Å²) in [6.45, 7) is 0. The van der Waals surface area contributed by atoms with Gasteiger partial charge in [-0.15, -0.1) is 0 Å². The number of benzene rings is 2. The van der Waals surface area contributed by atoms with E-state index in [0.29, 0.717) is 27.8 Å². The second-order valence-corrected chi connectivity index (χ2v) is 7.36. The Hall–Kier alpha value is -4.91. The lowest BCUT2D eigenvalue weighted by atomic mass is 10.1. The fourth-order valence-electron chi connectivity index (χ4n) is 3.01. The highest BCUT2D eigenvalue weighted by Gasteiger charge is 2.15. The van der Waals surface area contributed by atoms with Gasteiger partial charge in [-0.2, -0.15) is 10.1 Å². The van der Waals surface area contributed by atoms with Crippen LogP contribution >= 0.6 is 11.6 Å². The minimum absolute atomic E-state index is 0.116. The highest BCUT2D eigenvalue weighted by Crippen LogP contribution is 2.32. The number of nitro groups is 1. The van der Waals surface area contributed by atoms with Gasteiger partial charge in [0.15, 0.2) is 11.6 Å². The molecule has 0 saturated heterocycles. The monoisotopic (exact) mass is 494 g/mol. The molecule has 0 spiro atoms. The largest absolute Gasteiger partial charge is 0.455 e. The van der Waals surface area contributed by atoms with Crippen LogP contribution in [0.3, 0.4) is 0 Å². The molecule has 0 fully saturated rings. The Kier molecular flexibility index (Phi) is 5.73. The van der Waals surface area contributed by atoms with Crippen LogP contribution in [0.4, 0.5) is 27.4 Å². The van der Waals surface area contributed by atoms with Crippen molar-refractivity contribution in [2.24, 2.45) is 5.10 Å². The summed E-state index contributed by atoms with van der Waals surface area (Å²) in [6, 6.07) is 12.9. The van der Waals surface area contributed by atoms with Crippen molar-refractivity contribution >= 4 is 52.1 Å². The second-order valence-electron chi connectivity index (χ2n) is 6.96. The zero-order chi connectivity index (χ0) is 24.4. The number of hydrogen-bond donors (Lipinski definition) is 2. The lowest BCUT2D eigenvalue weighted by Gasteiger charge is -2.09. The molecule has 0 aliphatic rings. The number of halogens is 2. The third-order valence-corrected chi connectivity index (χ3v) is 4.97. The third-order valence-electron chi connectivity index (χ3n) is 4.64. The summed E-state index contributed by atoms with van der Waals surface area (Å²) in [7, 11) is 0. The second kappa shape index (κ2) is 9.15. The van der Waals surface area contributed by atoms with Gasteiger partial charge in [0, 0.05) is 23.4 Å². The Morgan fingerprint density at radius 2 is 1.77 bits per heavy atom. The van der Waals surface area contributed by atoms with Crippen molar-refractivity contribution in [3.05, 3.63) is 81.3 Å². The predicted octanol–water partition coefficient (Wildman–Crippen LogP) is 5.16. The van der Waals surface area contributed by atoms with Crippen molar-refractivity contribution in [1.29, 1.82) is 0 Å². The van der Waals surface area contributed by atoms with Crippen LogP contribution in [0.1, 0.15) is 5.76 Å². The molecule has 35 heavy (non-hydrogen) atoms. The molecule has 0 unspecified atom stereocenters. The average Bonchev–Trinajstić information content (AvgIpc) is 3.50. The van der Waals surface area contributed by atoms with Crippen LogP contribution < -0.4 is 10.7 Å². The molecule has 3 aromatic heterocycles. The number of fused-ring (bicyclic) bond motifs is 1. The summed E-state index contributed by atoms with van der Waals surface area (Å²) in [5.74, 6) is 0.696. The summed E-state index contributed by atoms with van der Waals surface area (Å²) in [5, 5.41) is 25.8. The van der Waals surface area contributed by atoms with Crippen molar-refractivity contribution in [2.45, 2.75) is 0 Å². The minimum atomic E-state index is -0.519. The molecule has 14 heteroatoms. The Morgan fingerprint density at radius 1 is 1.03 bits per heavy atom. The zero-order valence-corrected chi connectivity index (χ0v) is 18.1. The number of aromatic nitrogens is 4. The number of hydrazone groups is 1. The molecule has 5 aromatic rings. The first-order valence-corrected chi connectivity index (χ1v) is 10.2. The van der Waals surface area contributed by atoms with Crippen molar-refractivity contribution in [1.82, 2.24) is 20.3 Å². The Balaban J connectivity index is 1.38. The smallest absolute Gasteiger partial charge is 0.270 e. The van der Waals surface area contributed by atoms with Gasteiger partial charge >= 0.3 is 0 Å². The van der Waals surface area contributed by atoms with E-state index in [1.54, 1.807) is 12.1 Å². The first-order valence-electron chi connectivity index (χ1n) is 9.82. The Labute approximate surface area is 199 Å². The lowest BCUT2D eigenvalue weighted by molar-refractivity contribution is -0.384. The molecular weight excluding hydrogens is 483 g/mol. The number of furan rings is 1. The number of non-ortho nitro benzene ring substituents is 1. The predicted molar refractivity (Wildman–Crippen MR) is 124 cm³/mol. The summed E-state index contributed by atoms with van der Waals surface area (Å²) in [5.41, 5.74) is 3.84. The van der Waals surface area contributed by atoms with Gasteiger partial charge < -0.3 is 9.73 Å². The maximum atomic E-state index is 13.2.